The van der Waals surface area contributed by atoms with Gasteiger partial charge in [-0.15, -0.1) is 0 Å². The van der Waals surface area contributed by atoms with Gasteiger partial charge in [0.05, 0.1) is 10.5 Å². The van der Waals surface area contributed by atoms with Crippen molar-refractivity contribution in [2.24, 2.45) is 0 Å². The van der Waals surface area contributed by atoms with Crippen molar-refractivity contribution in [1.29, 1.82) is 0 Å². The Bertz CT molecular complexity index is 885. The zero-order valence-corrected chi connectivity index (χ0v) is 16.3. The lowest BCUT2D eigenvalue weighted by Crippen LogP contribution is -2.57. The maximum Gasteiger partial charge on any atom is 0.335 e. The lowest BCUT2D eigenvalue weighted by Gasteiger charge is -2.43. The van der Waals surface area contributed by atoms with E-state index in [-0.39, 0.29) is 22.5 Å². The number of hydrogen-bond acceptors (Lipinski definition) is 4. The Balaban J connectivity index is 1.76. The molecular weight excluding hydrogens is 364 g/mol. The van der Waals surface area contributed by atoms with Crippen LogP contribution in [0.4, 0.5) is 0 Å². The van der Waals surface area contributed by atoms with E-state index in [1.54, 1.807) is 0 Å². The molecule has 1 fully saturated rings. The topological polar surface area (TPSA) is 77.9 Å². The van der Waals surface area contributed by atoms with E-state index in [1.165, 1.54) is 34.1 Å². The number of aromatic carboxylic acids is 1. The lowest BCUT2D eigenvalue weighted by molar-refractivity contribution is 0.0696. The van der Waals surface area contributed by atoms with E-state index in [4.69, 9.17) is 5.11 Å². The van der Waals surface area contributed by atoms with Crippen LogP contribution in [-0.2, 0) is 16.6 Å². The van der Waals surface area contributed by atoms with Gasteiger partial charge in [-0.05, 0) is 43.7 Å². The Morgan fingerprint density at radius 3 is 2.07 bits per heavy atom. The van der Waals surface area contributed by atoms with Crippen molar-refractivity contribution >= 4 is 16.0 Å². The Labute approximate surface area is 160 Å². The van der Waals surface area contributed by atoms with E-state index < -0.39 is 16.0 Å². The number of benzene rings is 2. The average molecular weight is 388 g/mol. The number of carbonyl (C=O) groups is 1. The highest BCUT2D eigenvalue weighted by molar-refractivity contribution is 7.89. The first-order valence-corrected chi connectivity index (χ1v) is 10.4. The van der Waals surface area contributed by atoms with Crippen molar-refractivity contribution in [2.75, 3.05) is 13.1 Å². The first-order chi connectivity index (χ1) is 12.8. The zero-order valence-electron chi connectivity index (χ0n) is 15.4. The summed E-state index contributed by atoms with van der Waals surface area (Å²) in [7, 11) is -3.65. The van der Waals surface area contributed by atoms with E-state index in [0.29, 0.717) is 13.1 Å². The molecule has 0 aliphatic carbocycles. The molecule has 1 N–H and O–H groups in total. The third-order valence-electron chi connectivity index (χ3n) is 5.02. The smallest absolute Gasteiger partial charge is 0.335 e. The molecule has 3 rings (SSSR count). The van der Waals surface area contributed by atoms with Crippen molar-refractivity contribution in [3.8, 4) is 0 Å². The molecule has 0 spiro atoms. The fourth-order valence-electron chi connectivity index (χ4n) is 3.53. The van der Waals surface area contributed by atoms with Crippen LogP contribution in [0.25, 0.3) is 0 Å². The molecule has 0 aromatic heterocycles. The molecule has 0 bridgehead atoms. The number of carboxylic acid groups (broad SMARTS) is 1. The summed E-state index contributed by atoms with van der Waals surface area (Å²) in [5, 5.41) is 8.98. The molecule has 2 atom stereocenters. The van der Waals surface area contributed by atoms with Crippen molar-refractivity contribution in [2.45, 2.75) is 37.4 Å². The first-order valence-electron chi connectivity index (χ1n) is 8.92. The molecule has 2 aromatic carbocycles. The summed E-state index contributed by atoms with van der Waals surface area (Å²) in [5.41, 5.74) is 1.28. The predicted molar refractivity (Wildman–Crippen MR) is 103 cm³/mol. The molecule has 0 radical (unpaired) electrons. The number of sulfonamides is 1. The predicted octanol–water partition coefficient (Wildman–Crippen LogP) is 2.67. The number of carboxylic acids is 1. The molecule has 0 unspecified atom stereocenters. The second-order valence-electron chi connectivity index (χ2n) is 7.01. The summed E-state index contributed by atoms with van der Waals surface area (Å²) >= 11 is 0. The second kappa shape index (κ2) is 7.80. The molecule has 1 heterocycles. The summed E-state index contributed by atoms with van der Waals surface area (Å²) in [6.07, 6.45) is 0. The van der Waals surface area contributed by atoms with Crippen molar-refractivity contribution in [1.82, 2.24) is 9.21 Å². The van der Waals surface area contributed by atoms with Gasteiger partial charge in [-0.25, -0.2) is 13.2 Å². The Kier molecular flexibility index (Phi) is 5.64. The Morgan fingerprint density at radius 2 is 1.56 bits per heavy atom. The monoisotopic (exact) mass is 388 g/mol. The minimum absolute atomic E-state index is 0.0713. The average Bonchev–Trinajstić information content (AvgIpc) is 2.65. The van der Waals surface area contributed by atoms with Gasteiger partial charge in [-0.2, -0.15) is 4.31 Å². The SMILES string of the molecule is C[C@@H]1CN(S(=O)(=O)c2ccc(C(=O)O)cc2)C[C@H](C)N1Cc1ccccc1. The Hall–Kier alpha value is -2.22. The second-order valence-corrected chi connectivity index (χ2v) is 8.95. The van der Waals surface area contributed by atoms with Crippen LogP contribution in [0.2, 0.25) is 0 Å². The van der Waals surface area contributed by atoms with Crippen LogP contribution in [0.1, 0.15) is 29.8 Å². The highest BCUT2D eigenvalue weighted by Crippen LogP contribution is 2.25. The number of hydrogen-bond donors (Lipinski definition) is 1. The Morgan fingerprint density at radius 1 is 1.00 bits per heavy atom. The van der Waals surface area contributed by atoms with Crippen LogP contribution in [-0.4, -0.2) is 53.9 Å². The molecule has 2 aromatic rings. The molecule has 6 nitrogen and oxygen atoms in total. The van der Waals surface area contributed by atoms with E-state index >= 15 is 0 Å². The van der Waals surface area contributed by atoms with Crippen molar-refractivity contribution < 1.29 is 18.3 Å². The van der Waals surface area contributed by atoms with Gasteiger partial charge in [0, 0.05) is 31.7 Å². The van der Waals surface area contributed by atoms with Crippen LogP contribution in [0, 0.1) is 0 Å². The van der Waals surface area contributed by atoms with Gasteiger partial charge in [0.2, 0.25) is 10.0 Å². The van der Waals surface area contributed by atoms with Crippen LogP contribution in [0.15, 0.2) is 59.5 Å². The third-order valence-corrected chi connectivity index (χ3v) is 6.86. The summed E-state index contributed by atoms with van der Waals surface area (Å²) in [5.74, 6) is -1.07. The van der Waals surface area contributed by atoms with Crippen LogP contribution in [0.5, 0.6) is 0 Å². The van der Waals surface area contributed by atoms with Gasteiger partial charge in [-0.3, -0.25) is 4.90 Å². The minimum atomic E-state index is -3.65. The molecule has 144 valence electrons. The maximum atomic E-state index is 13.0. The van der Waals surface area contributed by atoms with E-state index in [9.17, 15) is 13.2 Å². The third kappa shape index (κ3) is 4.21. The zero-order chi connectivity index (χ0) is 19.6. The number of nitrogens with zero attached hydrogens (tertiary/aromatic N) is 2. The van der Waals surface area contributed by atoms with Gasteiger partial charge in [-0.1, -0.05) is 30.3 Å². The molecule has 0 saturated carbocycles. The van der Waals surface area contributed by atoms with E-state index in [1.807, 2.05) is 32.0 Å². The molecule has 1 saturated heterocycles. The lowest BCUT2D eigenvalue weighted by atomic mass is 10.1. The van der Waals surface area contributed by atoms with E-state index in [0.717, 1.165) is 6.54 Å². The molecule has 27 heavy (non-hydrogen) atoms. The standard InChI is InChI=1S/C20H24N2O4S/c1-15-12-21(13-16(2)22(15)14-17-6-4-3-5-7-17)27(25,26)19-10-8-18(9-11-19)20(23)24/h3-11,15-16H,12-14H2,1-2H3,(H,23,24)/t15-,16+. The summed E-state index contributed by atoms with van der Waals surface area (Å²) in [6, 6.07) is 15.7. The summed E-state index contributed by atoms with van der Waals surface area (Å²) in [4.78, 5) is 13.4. The fraction of sp³-hybridized carbons (Fsp3) is 0.350. The molecular formula is C20H24N2O4S. The van der Waals surface area contributed by atoms with Crippen LogP contribution >= 0.6 is 0 Å². The maximum absolute atomic E-state index is 13.0. The van der Waals surface area contributed by atoms with Gasteiger partial charge in [0.25, 0.3) is 0 Å². The summed E-state index contributed by atoms with van der Waals surface area (Å²) < 4.78 is 27.5. The summed E-state index contributed by atoms with van der Waals surface area (Å²) in [6.45, 7) is 5.66. The molecule has 0 amide bonds. The van der Waals surface area contributed by atoms with Gasteiger partial charge in [0.15, 0.2) is 0 Å². The molecule has 1 aliphatic heterocycles. The minimum Gasteiger partial charge on any atom is -0.478 e. The normalized spacial score (nSPS) is 21.9. The van der Waals surface area contributed by atoms with Gasteiger partial charge >= 0.3 is 5.97 Å². The fourth-order valence-corrected chi connectivity index (χ4v) is 5.13. The van der Waals surface area contributed by atoms with Gasteiger partial charge < -0.3 is 5.11 Å². The van der Waals surface area contributed by atoms with Crippen molar-refractivity contribution in [3.63, 3.8) is 0 Å². The number of piperazine rings is 1. The largest absolute Gasteiger partial charge is 0.478 e. The van der Waals surface area contributed by atoms with Crippen LogP contribution in [0.3, 0.4) is 0 Å². The first kappa shape index (κ1) is 19.5. The quantitative estimate of drug-likeness (QED) is 0.852. The number of rotatable bonds is 5. The van der Waals surface area contributed by atoms with E-state index in [2.05, 4.69) is 17.0 Å². The van der Waals surface area contributed by atoms with Crippen molar-refractivity contribution in [3.05, 3.63) is 65.7 Å². The highest BCUT2D eigenvalue weighted by Gasteiger charge is 2.36. The van der Waals surface area contributed by atoms with Gasteiger partial charge in [0.1, 0.15) is 0 Å². The molecule has 7 heteroatoms. The highest BCUT2D eigenvalue weighted by atomic mass is 32.2. The molecule has 1 aliphatic rings. The van der Waals surface area contributed by atoms with Crippen LogP contribution < -0.4 is 0 Å².